The van der Waals surface area contributed by atoms with Crippen molar-refractivity contribution in [2.24, 2.45) is 0 Å². The number of ether oxygens (including phenoxy) is 1. The number of hydrogen-bond acceptors (Lipinski definition) is 6. The minimum Gasteiger partial charge on any atom is -0.452 e. The van der Waals surface area contributed by atoms with Gasteiger partial charge in [0.05, 0.1) is 23.0 Å². The summed E-state index contributed by atoms with van der Waals surface area (Å²) in [5.41, 5.74) is -0.802. The van der Waals surface area contributed by atoms with Gasteiger partial charge in [0.25, 0.3) is 5.91 Å². The molecule has 0 saturated heterocycles. The number of sulfonamides is 1. The third kappa shape index (κ3) is 5.54. The molecule has 1 aromatic carbocycles. The quantitative estimate of drug-likeness (QED) is 0.676. The monoisotopic (exact) mass is 463 g/mol. The molecule has 1 aliphatic rings. The molecule has 1 aromatic heterocycles. The van der Waals surface area contributed by atoms with Gasteiger partial charge in [-0.2, -0.15) is 0 Å². The summed E-state index contributed by atoms with van der Waals surface area (Å²) < 4.78 is 70.7. The van der Waals surface area contributed by atoms with Crippen LogP contribution >= 0.6 is 11.6 Å². The standard InChI is InChI=1S/C18H17ClF3N3O4S/c1-30(27,28)25-18(26)12-6-15(22)16(7-14(12)21)29-11-5-13(19)17(23-8-11)24-10-3-2-9(20)4-10/h5-10H,2-4H2,1H3,(H,23,24)(H,25,26)/t9-,10-/m0/s1. The van der Waals surface area contributed by atoms with Crippen LogP contribution in [0.1, 0.15) is 29.6 Å². The number of aromatic nitrogens is 1. The number of rotatable bonds is 6. The number of anilines is 1. The Kier molecular flexibility index (Phi) is 6.41. The fraction of sp³-hybridized carbons (Fsp3) is 0.333. The number of pyridine rings is 1. The lowest BCUT2D eigenvalue weighted by Crippen LogP contribution is -2.30. The smallest absolute Gasteiger partial charge is 0.267 e. The van der Waals surface area contributed by atoms with Gasteiger partial charge in [0.2, 0.25) is 10.0 Å². The minimum atomic E-state index is -3.95. The van der Waals surface area contributed by atoms with Gasteiger partial charge in [0.1, 0.15) is 23.6 Å². The van der Waals surface area contributed by atoms with Crippen molar-refractivity contribution in [1.82, 2.24) is 9.71 Å². The topological polar surface area (TPSA) is 97.4 Å². The van der Waals surface area contributed by atoms with E-state index >= 15 is 0 Å². The Labute approximate surface area is 175 Å². The highest BCUT2D eigenvalue weighted by atomic mass is 35.5. The average molecular weight is 464 g/mol. The van der Waals surface area contributed by atoms with Gasteiger partial charge in [0.15, 0.2) is 11.6 Å². The van der Waals surface area contributed by atoms with Crippen LogP contribution in [0.4, 0.5) is 19.0 Å². The summed E-state index contributed by atoms with van der Waals surface area (Å²) >= 11 is 6.13. The Hall–Kier alpha value is -2.53. The van der Waals surface area contributed by atoms with Crippen molar-refractivity contribution in [2.75, 3.05) is 11.6 Å². The van der Waals surface area contributed by atoms with Crippen molar-refractivity contribution < 1.29 is 31.1 Å². The summed E-state index contributed by atoms with van der Waals surface area (Å²) in [5, 5.41) is 3.16. The van der Waals surface area contributed by atoms with Crippen LogP contribution in [0, 0.1) is 11.6 Å². The second-order valence-corrected chi connectivity index (χ2v) is 8.98. The van der Waals surface area contributed by atoms with Gasteiger partial charge in [-0.1, -0.05) is 11.6 Å². The summed E-state index contributed by atoms with van der Waals surface area (Å²) in [6.45, 7) is 0. The van der Waals surface area contributed by atoms with Crippen LogP contribution in [0.15, 0.2) is 24.4 Å². The van der Waals surface area contributed by atoms with Gasteiger partial charge in [-0.3, -0.25) is 4.79 Å². The van der Waals surface area contributed by atoms with Gasteiger partial charge in [-0.15, -0.1) is 0 Å². The van der Waals surface area contributed by atoms with Crippen molar-refractivity contribution in [3.05, 3.63) is 46.6 Å². The maximum atomic E-state index is 14.3. The molecule has 1 saturated carbocycles. The SMILES string of the molecule is CS(=O)(=O)NC(=O)c1cc(F)c(Oc2cnc(N[C@H]3CC[C@H](F)C3)c(Cl)c2)cc1F. The number of alkyl halides is 1. The van der Waals surface area contributed by atoms with Gasteiger partial charge in [-0.25, -0.2) is 31.3 Å². The van der Waals surface area contributed by atoms with Gasteiger partial charge >= 0.3 is 0 Å². The molecular formula is C18H17ClF3N3O4S. The molecule has 162 valence electrons. The molecule has 1 aliphatic carbocycles. The second kappa shape index (κ2) is 8.68. The lowest BCUT2D eigenvalue weighted by molar-refractivity contribution is 0.0977. The van der Waals surface area contributed by atoms with Gasteiger partial charge in [0, 0.05) is 18.2 Å². The van der Waals surface area contributed by atoms with Crippen LogP contribution < -0.4 is 14.8 Å². The average Bonchev–Trinajstić information content (AvgIpc) is 3.03. The minimum absolute atomic E-state index is 0.00743. The number of hydrogen-bond donors (Lipinski definition) is 2. The first-order valence-corrected chi connectivity index (χ1v) is 11.0. The Morgan fingerprint density at radius 3 is 2.57 bits per heavy atom. The molecule has 2 N–H and O–H groups in total. The summed E-state index contributed by atoms with van der Waals surface area (Å²) in [4.78, 5) is 15.8. The van der Waals surface area contributed by atoms with E-state index in [0.29, 0.717) is 43.5 Å². The van der Waals surface area contributed by atoms with E-state index in [2.05, 4.69) is 10.3 Å². The number of amides is 1. The van der Waals surface area contributed by atoms with Crippen LogP contribution in [-0.4, -0.2) is 37.8 Å². The van der Waals surface area contributed by atoms with Crippen molar-refractivity contribution >= 4 is 33.3 Å². The highest BCUT2D eigenvalue weighted by Crippen LogP contribution is 2.32. The van der Waals surface area contributed by atoms with Crippen molar-refractivity contribution in [2.45, 2.75) is 31.5 Å². The van der Waals surface area contributed by atoms with Gasteiger partial charge < -0.3 is 10.1 Å². The molecule has 1 fully saturated rings. The third-order valence-electron chi connectivity index (χ3n) is 4.30. The highest BCUT2D eigenvalue weighted by Gasteiger charge is 2.25. The maximum absolute atomic E-state index is 14.3. The van der Waals surface area contributed by atoms with E-state index in [4.69, 9.17) is 16.3 Å². The third-order valence-corrected chi connectivity index (χ3v) is 5.14. The van der Waals surface area contributed by atoms with E-state index in [1.54, 1.807) is 4.72 Å². The van der Waals surface area contributed by atoms with Gasteiger partial charge in [-0.05, 0) is 25.3 Å². The van der Waals surface area contributed by atoms with Crippen molar-refractivity contribution in [1.29, 1.82) is 0 Å². The number of halogens is 4. The van der Waals surface area contributed by atoms with E-state index in [1.165, 1.54) is 12.3 Å². The molecule has 0 aliphatic heterocycles. The second-order valence-electron chi connectivity index (χ2n) is 6.82. The summed E-state index contributed by atoms with van der Waals surface area (Å²) in [6, 6.07) is 2.34. The van der Waals surface area contributed by atoms with E-state index < -0.39 is 45.0 Å². The molecule has 0 bridgehead atoms. The largest absolute Gasteiger partial charge is 0.452 e. The van der Waals surface area contributed by atoms with Crippen molar-refractivity contribution in [3.8, 4) is 11.5 Å². The normalized spacial score (nSPS) is 18.8. The van der Waals surface area contributed by atoms with Crippen molar-refractivity contribution in [3.63, 3.8) is 0 Å². The number of nitrogens with one attached hydrogen (secondary N) is 2. The zero-order valence-corrected chi connectivity index (χ0v) is 17.2. The molecule has 2 atom stereocenters. The zero-order chi connectivity index (χ0) is 22.1. The summed E-state index contributed by atoms with van der Waals surface area (Å²) in [7, 11) is -3.95. The summed E-state index contributed by atoms with van der Waals surface area (Å²) in [6.07, 6.45) is 2.50. The predicted octanol–water partition coefficient (Wildman–Crippen LogP) is 3.80. The van der Waals surface area contributed by atoms with Crippen LogP contribution in [0.5, 0.6) is 11.5 Å². The molecule has 12 heteroatoms. The predicted molar refractivity (Wildman–Crippen MR) is 104 cm³/mol. The Balaban J connectivity index is 1.75. The Bertz CT molecular complexity index is 1080. The zero-order valence-electron chi connectivity index (χ0n) is 15.6. The summed E-state index contributed by atoms with van der Waals surface area (Å²) in [5.74, 6) is -3.86. The molecule has 30 heavy (non-hydrogen) atoms. The number of benzene rings is 1. The first-order valence-electron chi connectivity index (χ1n) is 8.77. The molecule has 7 nitrogen and oxygen atoms in total. The molecule has 2 aromatic rings. The van der Waals surface area contributed by atoms with E-state index in [1.807, 2.05) is 0 Å². The highest BCUT2D eigenvalue weighted by molar-refractivity contribution is 7.89. The molecule has 1 heterocycles. The fourth-order valence-corrected chi connectivity index (χ4v) is 3.62. The first kappa shape index (κ1) is 22.2. The van der Waals surface area contributed by atoms with E-state index in [0.717, 1.165) is 0 Å². The molecule has 0 unspecified atom stereocenters. The van der Waals surface area contributed by atoms with Crippen LogP contribution in [0.2, 0.25) is 5.02 Å². The first-order chi connectivity index (χ1) is 14.0. The van der Waals surface area contributed by atoms with Crippen LogP contribution in [0.3, 0.4) is 0 Å². The van der Waals surface area contributed by atoms with Crippen LogP contribution in [0.25, 0.3) is 0 Å². The van der Waals surface area contributed by atoms with Crippen LogP contribution in [-0.2, 0) is 10.0 Å². The number of nitrogens with zero attached hydrogens (tertiary/aromatic N) is 1. The lowest BCUT2D eigenvalue weighted by Gasteiger charge is -2.15. The fourth-order valence-electron chi connectivity index (χ4n) is 2.96. The molecule has 3 rings (SSSR count). The van der Waals surface area contributed by atoms with E-state index in [9.17, 15) is 26.4 Å². The van der Waals surface area contributed by atoms with E-state index in [-0.39, 0.29) is 16.8 Å². The molecule has 1 amide bonds. The maximum Gasteiger partial charge on any atom is 0.267 e. The Morgan fingerprint density at radius 1 is 1.23 bits per heavy atom. The number of carbonyl (C=O) groups excluding carboxylic acids is 1. The molecule has 0 spiro atoms. The number of carbonyl (C=O) groups is 1. The molecule has 0 radical (unpaired) electrons. The molecular weight excluding hydrogens is 447 g/mol. The lowest BCUT2D eigenvalue weighted by atomic mass is 10.2. The Morgan fingerprint density at radius 2 is 1.97 bits per heavy atom.